The molecule has 0 aliphatic heterocycles. The monoisotopic (exact) mass is 122 g/mol. The maximum absolute atomic E-state index is 10.5. The largest absolute Gasteiger partial charge is 0.503 e. The van der Waals surface area contributed by atoms with Crippen LogP contribution in [0.3, 0.4) is 0 Å². The Kier molecular flexibility index (Phi) is 11.7. The Labute approximate surface area is 46.1 Å². The summed E-state index contributed by atoms with van der Waals surface area (Å²) in [4.78, 5) is 8.56. The molecule has 0 radical (unpaired) electrons. The predicted octanol–water partition coefficient (Wildman–Crippen LogP) is 1.71. The van der Waals surface area contributed by atoms with Crippen molar-refractivity contribution in [2.24, 2.45) is 0 Å². The number of carboxylic acid groups (broad SMARTS) is 2. The van der Waals surface area contributed by atoms with Crippen molar-refractivity contribution in [3.63, 3.8) is 0 Å². The number of hydrogen-bond donors (Lipinski definition) is 2. The van der Waals surface area contributed by atoms with E-state index in [1.807, 2.05) is 0 Å². The van der Waals surface area contributed by atoms with Crippen LogP contribution in [0.25, 0.3) is 0 Å². The third kappa shape index (κ3) is 21300. The van der Waals surface area contributed by atoms with E-state index in [-0.39, 0.29) is 0 Å². The van der Waals surface area contributed by atoms with Crippen molar-refractivity contribution < 1.29 is 19.4 Å². The van der Waals surface area contributed by atoms with Gasteiger partial charge in [0.1, 0.15) is 0 Å². The SMILES string of the molecule is CC=CF.O=C(O)O. The minimum Gasteiger partial charge on any atom is -0.450 e. The van der Waals surface area contributed by atoms with Gasteiger partial charge in [-0.2, -0.15) is 0 Å². The second-order valence-corrected chi connectivity index (χ2v) is 0.742. The van der Waals surface area contributed by atoms with Gasteiger partial charge in [0.25, 0.3) is 0 Å². The molecule has 4 heteroatoms. The highest BCUT2D eigenvalue weighted by Gasteiger charge is 1.70. The molecule has 0 spiro atoms. The van der Waals surface area contributed by atoms with Gasteiger partial charge in [0.15, 0.2) is 0 Å². The van der Waals surface area contributed by atoms with Gasteiger partial charge in [-0.05, 0) is 6.92 Å². The lowest BCUT2D eigenvalue weighted by Gasteiger charge is -1.60. The van der Waals surface area contributed by atoms with E-state index in [2.05, 4.69) is 0 Å². The van der Waals surface area contributed by atoms with Crippen molar-refractivity contribution >= 4 is 6.16 Å². The third-order valence-electron chi connectivity index (χ3n) is 0.126. The Morgan fingerprint density at radius 3 is 1.75 bits per heavy atom. The first-order valence-electron chi connectivity index (χ1n) is 1.78. The summed E-state index contributed by atoms with van der Waals surface area (Å²) in [6.45, 7) is 1.62. The highest BCUT2D eigenvalue weighted by Crippen LogP contribution is 1.62. The van der Waals surface area contributed by atoms with Gasteiger partial charge in [-0.1, -0.05) is 6.08 Å². The summed E-state index contributed by atoms with van der Waals surface area (Å²) >= 11 is 0. The first kappa shape index (κ1) is 10.0. The van der Waals surface area contributed by atoms with Crippen molar-refractivity contribution in [3.8, 4) is 0 Å². The highest BCUT2D eigenvalue weighted by atomic mass is 19.1. The molecule has 0 saturated carbocycles. The summed E-state index contributed by atoms with van der Waals surface area (Å²) in [6.07, 6.45) is 0.000000000000000222. The summed E-state index contributed by atoms with van der Waals surface area (Å²) in [5.41, 5.74) is 0. The number of hydrogen-bond acceptors (Lipinski definition) is 1. The molecule has 0 aliphatic rings. The molecule has 48 valence electrons. The first-order valence-corrected chi connectivity index (χ1v) is 1.78. The van der Waals surface area contributed by atoms with Crippen molar-refractivity contribution in [2.75, 3.05) is 0 Å². The van der Waals surface area contributed by atoms with Crippen molar-refractivity contribution in [3.05, 3.63) is 12.4 Å². The van der Waals surface area contributed by atoms with E-state index in [0.29, 0.717) is 6.33 Å². The van der Waals surface area contributed by atoms with Crippen LogP contribution in [0.4, 0.5) is 9.18 Å². The number of carbonyl (C=O) groups is 1. The smallest absolute Gasteiger partial charge is 0.450 e. The van der Waals surface area contributed by atoms with Gasteiger partial charge in [-0.3, -0.25) is 0 Å². The van der Waals surface area contributed by atoms with Gasteiger partial charge in [0, 0.05) is 0 Å². The van der Waals surface area contributed by atoms with Gasteiger partial charge < -0.3 is 10.2 Å². The quantitative estimate of drug-likeness (QED) is 0.514. The van der Waals surface area contributed by atoms with Crippen LogP contribution < -0.4 is 0 Å². The highest BCUT2D eigenvalue weighted by molar-refractivity contribution is 5.53. The summed E-state index contributed by atoms with van der Waals surface area (Å²) in [5, 5.41) is 13.9. The van der Waals surface area contributed by atoms with Crippen LogP contribution in [0.5, 0.6) is 0 Å². The average Bonchev–Trinajstić information content (AvgIpc) is 1.65. The molecule has 0 unspecified atom stereocenters. The van der Waals surface area contributed by atoms with Gasteiger partial charge in [0.2, 0.25) is 0 Å². The van der Waals surface area contributed by atoms with E-state index in [9.17, 15) is 4.39 Å². The van der Waals surface area contributed by atoms with Crippen LogP contribution in [0.1, 0.15) is 6.92 Å². The lowest BCUT2D eigenvalue weighted by Crippen LogP contribution is -1.81. The fraction of sp³-hybridized carbons (Fsp3) is 0.250. The van der Waals surface area contributed by atoms with Crippen LogP contribution in [0, 0.1) is 0 Å². The molecular formula is C4H7FO3. The van der Waals surface area contributed by atoms with E-state index in [1.165, 1.54) is 6.08 Å². The number of allylic oxidation sites excluding steroid dienone is 1. The van der Waals surface area contributed by atoms with Crippen LogP contribution >= 0.6 is 0 Å². The summed E-state index contributed by atoms with van der Waals surface area (Å²) in [7, 11) is 0. The van der Waals surface area contributed by atoms with Crippen LogP contribution in [0.15, 0.2) is 12.4 Å². The van der Waals surface area contributed by atoms with E-state index < -0.39 is 6.16 Å². The molecule has 8 heavy (non-hydrogen) atoms. The zero-order valence-corrected chi connectivity index (χ0v) is 4.34. The zero-order chi connectivity index (χ0) is 6.99. The Bertz CT molecular complexity index is 71.4. The summed E-state index contributed by atoms with van der Waals surface area (Å²) in [6, 6.07) is 0. The molecule has 0 bridgehead atoms. The molecule has 0 fully saturated rings. The maximum Gasteiger partial charge on any atom is 0.503 e. The molecule has 0 saturated heterocycles. The van der Waals surface area contributed by atoms with E-state index in [1.54, 1.807) is 6.92 Å². The molecule has 2 N–H and O–H groups in total. The first-order chi connectivity index (χ1) is 3.65. The molecule has 0 heterocycles. The Morgan fingerprint density at radius 1 is 1.62 bits per heavy atom. The molecule has 0 aromatic carbocycles. The van der Waals surface area contributed by atoms with E-state index >= 15 is 0 Å². The Balaban J connectivity index is 0. The number of rotatable bonds is 0. The molecule has 0 atom stereocenters. The van der Waals surface area contributed by atoms with Crippen molar-refractivity contribution in [1.82, 2.24) is 0 Å². The van der Waals surface area contributed by atoms with Gasteiger partial charge >= 0.3 is 6.16 Å². The summed E-state index contributed by atoms with van der Waals surface area (Å²) in [5.74, 6) is 0. The van der Waals surface area contributed by atoms with Crippen molar-refractivity contribution in [2.45, 2.75) is 6.92 Å². The third-order valence-corrected chi connectivity index (χ3v) is 0.126. The Hall–Kier alpha value is -1.06. The molecular weight excluding hydrogens is 115 g/mol. The molecule has 3 nitrogen and oxygen atoms in total. The minimum absolute atomic E-state index is 0.500. The second-order valence-electron chi connectivity index (χ2n) is 0.742. The maximum atomic E-state index is 10.5. The van der Waals surface area contributed by atoms with Crippen molar-refractivity contribution in [1.29, 1.82) is 0 Å². The van der Waals surface area contributed by atoms with Gasteiger partial charge in [0.05, 0.1) is 6.33 Å². The molecule has 0 rings (SSSR count). The lowest BCUT2D eigenvalue weighted by atomic mass is 10.8. The van der Waals surface area contributed by atoms with Gasteiger partial charge in [-0.25, -0.2) is 9.18 Å². The molecule has 0 aliphatic carbocycles. The van der Waals surface area contributed by atoms with E-state index in [0.717, 1.165) is 0 Å². The van der Waals surface area contributed by atoms with Crippen LogP contribution in [-0.2, 0) is 0 Å². The molecule has 0 amide bonds. The molecule has 0 aromatic rings. The summed E-state index contributed by atoms with van der Waals surface area (Å²) < 4.78 is 10.5. The normalized spacial score (nSPS) is 7.75. The fourth-order valence-electron chi connectivity index (χ4n) is 0. The number of halogens is 1. The second kappa shape index (κ2) is 9.34. The average molecular weight is 122 g/mol. The molecule has 0 aromatic heterocycles. The Morgan fingerprint density at radius 2 is 1.75 bits per heavy atom. The lowest BCUT2D eigenvalue weighted by molar-refractivity contribution is 0.137. The van der Waals surface area contributed by atoms with Crippen LogP contribution in [-0.4, -0.2) is 16.4 Å². The minimum atomic E-state index is -1.83. The topological polar surface area (TPSA) is 57.5 Å². The zero-order valence-electron chi connectivity index (χ0n) is 4.34. The van der Waals surface area contributed by atoms with E-state index in [4.69, 9.17) is 15.0 Å². The fourth-order valence-corrected chi connectivity index (χ4v) is 0. The van der Waals surface area contributed by atoms with Crippen LogP contribution in [0.2, 0.25) is 0 Å². The van der Waals surface area contributed by atoms with Gasteiger partial charge in [-0.15, -0.1) is 0 Å². The standard InChI is InChI=1S/C3H5F.CH2O3/c1-2-3-4;2-1(3)4/h2-3H,1H3;(H2,2,3,4). The predicted molar refractivity (Wildman–Crippen MR) is 26.6 cm³/mol.